The molecular weight excluding hydrogens is 416 g/mol. The van der Waals surface area contributed by atoms with Gasteiger partial charge in [-0.15, -0.1) is 10.2 Å². The molecule has 0 spiro atoms. The van der Waals surface area contributed by atoms with Crippen LogP contribution in [0.1, 0.15) is 11.3 Å². The standard InChI is InChI=1S/C18H13BrN4O2S/c1-11-2-4-12(5-3-11)17-21-22-18(25-17)26-10-14-8-16(24)23-9-13(19)6-7-15(23)20-14/h2-9H,10H2,1H3. The maximum Gasteiger partial charge on any atom is 0.277 e. The Labute approximate surface area is 161 Å². The van der Waals surface area contributed by atoms with Crippen molar-refractivity contribution in [2.75, 3.05) is 0 Å². The summed E-state index contributed by atoms with van der Waals surface area (Å²) in [5.74, 6) is 0.945. The van der Waals surface area contributed by atoms with Crippen molar-refractivity contribution in [1.29, 1.82) is 0 Å². The fourth-order valence-electron chi connectivity index (χ4n) is 2.42. The summed E-state index contributed by atoms with van der Waals surface area (Å²) in [5.41, 5.74) is 3.18. The van der Waals surface area contributed by atoms with Gasteiger partial charge in [-0.25, -0.2) is 4.98 Å². The van der Waals surface area contributed by atoms with Crippen LogP contribution in [0.25, 0.3) is 17.1 Å². The molecule has 0 saturated heterocycles. The summed E-state index contributed by atoms with van der Waals surface area (Å²) in [6, 6.07) is 13.0. The van der Waals surface area contributed by atoms with Crippen molar-refractivity contribution in [2.24, 2.45) is 0 Å². The zero-order valence-electron chi connectivity index (χ0n) is 13.7. The highest BCUT2D eigenvalue weighted by Crippen LogP contribution is 2.25. The molecule has 0 atom stereocenters. The molecule has 6 nitrogen and oxygen atoms in total. The Kier molecular flexibility index (Phi) is 4.60. The van der Waals surface area contributed by atoms with E-state index in [4.69, 9.17) is 4.42 Å². The van der Waals surface area contributed by atoms with Gasteiger partial charge in [-0.3, -0.25) is 9.20 Å². The number of thioether (sulfide) groups is 1. The van der Waals surface area contributed by atoms with Crippen molar-refractivity contribution >= 4 is 33.3 Å². The molecule has 1 aromatic carbocycles. The third kappa shape index (κ3) is 3.56. The van der Waals surface area contributed by atoms with Gasteiger partial charge >= 0.3 is 0 Å². The highest BCUT2D eigenvalue weighted by molar-refractivity contribution is 9.10. The number of fused-ring (bicyclic) bond motifs is 1. The van der Waals surface area contributed by atoms with Crippen molar-refractivity contribution in [3.05, 3.63) is 74.7 Å². The summed E-state index contributed by atoms with van der Waals surface area (Å²) in [6.45, 7) is 2.02. The summed E-state index contributed by atoms with van der Waals surface area (Å²) in [7, 11) is 0. The van der Waals surface area contributed by atoms with Crippen LogP contribution in [0, 0.1) is 6.92 Å². The number of pyridine rings is 1. The van der Waals surface area contributed by atoms with Crippen LogP contribution < -0.4 is 5.56 Å². The SMILES string of the molecule is Cc1ccc(-c2nnc(SCc3cc(=O)n4cc(Br)ccc4n3)o2)cc1. The monoisotopic (exact) mass is 428 g/mol. The number of hydrogen-bond donors (Lipinski definition) is 0. The molecule has 0 saturated carbocycles. The summed E-state index contributed by atoms with van der Waals surface area (Å²) < 4.78 is 8.01. The van der Waals surface area contributed by atoms with E-state index in [2.05, 4.69) is 31.1 Å². The second kappa shape index (κ2) is 7.05. The van der Waals surface area contributed by atoms with E-state index < -0.39 is 0 Å². The third-order valence-corrected chi connectivity index (χ3v) is 5.05. The molecule has 26 heavy (non-hydrogen) atoms. The van der Waals surface area contributed by atoms with Gasteiger partial charge in [0.05, 0.1) is 5.69 Å². The average Bonchev–Trinajstić information content (AvgIpc) is 3.10. The van der Waals surface area contributed by atoms with Crippen molar-refractivity contribution in [2.45, 2.75) is 17.9 Å². The molecule has 0 unspecified atom stereocenters. The Morgan fingerprint density at radius 2 is 1.96 bits per heavy atom. The first-order chi connectivity index (χ1) is 12.6. The molecule has 0 aliphatic carbocycles. The normalized spacial score (nSPS) is 11.2. The van der Waals surface area contributed by atoms with Gasteiger partial charge < -0.3 is 4.42 Å². The molecule has 0 radical (unpaired) electrons. The van der Waals surface area contributed by atoms with E-state index in [0.29, 0.717) is 28.2 Å². The lowest BCUT2D eigenvalue weighted by atomic mass is 10.1. The summed E-state index contributed by atoms with van der Waals surface area (Å²) in [6.07, 6.45) is 1.70. The van der Waals surface area contributed by atoms with Crippen LogP contribution in [0.2, 0.25) is 0 Å². The van der Waals surface area contributed by atoms with Gasteiger partial charge in [-0.2, -0.15) is 0 Å². The Hall–Kier alpha value is -2.45. The minimum atomic E-state index is -0.127. The van der Waals surface area contributed by atoms with E-state index in [0.717, 1.165) is 10.0 Å². The number of benzene rings is 1. The Bertz CT molecular complexity index is 1140. The first-order valence-electron chi connectivity index (χ1n) is 7.80. The predicted molar refractivity (Wildman–Crippen MR) is 103 cm³/mol. The van der Waals surface area contributed by atoms with Crippen LogP contribution in [-0.4, -0.2) is 19.6 Å². The van der Waals surface area contributed by atoms with Crippen LogP contribution in [0.3, 0.4) is 0 Å². The molecule has 0 bridgehead atoms. The molecule has 0 fully saturated rings. The second-order valence-electron chi connectivity index (χ2n) is 5.69. The number of aryl methyl sites for hydroxylation is 1. The molecule has 3 heterocycles. The highest BCUT2D eigenvalue weighted by Gasteiger charge is 2.10. The van der Waals surface area contributed by atoms with Gasteiger partial charge in [-0.1, -0.05) is 29.5 Å². The largest absolute Gasteiger partial charge is 0.411 e. The number of halogens is 1. The topological polar surface area (TPSA) is 73.3 Å². The lowest BCUT2D eigenvalue weighted by Crippen LogP contribution is -2.15. The zero-order valence-corrected chi connectivity index (χ0v) is 16.1. The zero-order chi connectivity index (χ0) is 18.1. The molecule has 0 amide bonds. The Morgan fingerprint density at radius 3 is 2.77 bits per heavy atom. The minimum Gasteiger partial charge on any atom is -0.411 e. The number of aromatic nitrogens is 4. The number of nitrogens with zero attached hydrogens (tertiary/aromatic N) is 4. The molecule has 0 aliphatic heterocycles. The summed E-state index contributed by atoms with van der Waals surface area (Å²) >= 11 is 4.71. The first kappa shape index (κ1) is 17.0. The van der Waals surface area contributed by atoms with Crippen molar-refractivity contribution in [3.8, 4) is 11.5 Å². The Morgan fingerprint density at radius 1 is 1.15 bits per heavy atom. The smallest absolute Gasteiger partial charge is 0.277 e. The first-order valence-corrected chi connectivity index (χ1v) is 9.57. The van der Waals surface area contributed by atoms with Crippen LogP contribution in [0.15, 0.2) is 67.6 Å². The van der Waals surface area contributed by atoms with Crippen LogP contribution in [0.4, 0.5) is 0 Å². The Balaban J connectivity index is 1.52. The molecule has 3 aromatic heterocycles. The highest BCUT2D eigenvalue weighted by atomic mass is 79.9. The van der Waals surface area contributed by atoms with E-state index in [1.54, 1.807) is 12.3 Å². The van der Waals surface area contributed by atoms with E-state index in [1.165, 1.54) is 27.8 Å². The van der Waals surface area contributed by atoms with Crippen LogP contribution in [-0.2, 0) is 5.75 Å². The molecular formula is C18H13BrN4O2S. The van der Waals surface area contributed by atoms with Gasteiger partial charge in [0.25, 0.3) is 10.8 Å². The number of rotatable bonds is 4. The third-order valence-electron chi connectivity index (χ3n) is 3.73. The summed E-state index contributed by atoms with van der Waals surface area (Å²) in [4.78, 5) is 16.7. The maximum atomic E-state index is 12.2. The number of hydrogen-bond acceptors (Lipinski definition) is 6. The summed E-state index contributed by atoms with van der Waals surface area (Å²) in [5, 5.41) is 8.57. The fourth-order valence-corrected chi connectivity index (χ4v) is 3.41. The average molecular weight is 429 g/mol. The molecule has 8 heteroatoms. The lowest BCUT2D eigenvalue weighted by Gasteiger charge is -2.03. The van der Waals surface area contributed by atoms with Gasteiger partial charge in [0.1, 0.15) is 5.65 Å². The lowest BCUT2D eigenvalue weighted by molar-refractivity contribution is 0.466. The molecule has 0 N–H and O–H groups in total. The van der Waals surface area contributed by atoms with Crippen molar-refractivity contribution < 1.29 is 4.42 Å². The minimum absolute atomic E-state index is 0.127. The van der Waals surface area contributed by atoms with Crippen LogP contribution in [0.5, 0.6) is 0 Å². The van der Waals surface area contributed by atoms with Crippen molar-refractivity contribution in [3.63, 3.8) is 0 Å². The molecule has 0 aliphatic rings. The van der Waals surface area contributed by atoms with Gasteiger partial charge in [0.15, 0.2) is 0 Å². The maximum absolute atomic E-state index is 12.2. The van der Waals surface area contributed by atoms with Gasteiger partial charge in [0, 0.05) is 28.1 Å². The molecule has 4 aromatic rings. The van der Waals surface area contributed by atoms with E-state index in [9.17, 15) is 4.79 Å². The second-order valence-corrected chi connectivity index (χ2v) is 7.53. The molecule has 130 valence electrons. The van der Waals surface area contributed by atoms with Gasteiger partial charge in [0.2, 0.25) is 5.89 Å². The van der Waals surface area contributed by atoms with E-state index in [-0.39, 0.29) is 5.56 Å². The van der Waals surface area contributed by atoms with Gasteiger partial charge in [-0.05, 0) is 47.1 Å². The van der Waals surface area contributed by atoms with Crippen LogP contribution >= 0.6 is 27.7 Å². The quantitative estimate of drug-likeness (QED) is 0.455. The van der Waals surface area contributed by atoms with E-state index >= 15 is 0 Å². The predicted octanol–water partition coefficient (Wildman–Crippen LogP) is 4.11. The van der Waals surface area contributed by atoms with Crippen molar-refractivity contribution in [1.82, 2.24) is 19.6 Å². The fraction of sp³-hybridized carbons (Fsp3) is 0.111. The molecule has 4 rings (SSSR count). The van der Waals surface area contributed by atoms with E-state index in [1.807, 2.05) is 37.3 Å².